The second-order valence-corrected chi connectivity index (χ2v) is 12.9. The molecule has 0 bridgehead atoms. The van der Waals surface area contributed by atoms with Gasteiger partial charge < -0.3 is 0 Å². The van der Waals surface area contributed by atoms with Gasteiger partial charge in [0.1, 0.15) is 0 Å². The molecule has 0 spiro atoms. The van der Waals surface area contributed by atoms with Crippen molar-refractivity contribution in [2.24, 2.45) is 0 Å². The molecule has 10 rings (SSSR count). The molecule has 0 aliphatic heterocycles. The Kier molecular flexibility index (Phi) is 6.53. The Morgan fingerprint density at radius 2 is 0.760 bits per heavy atom. The molecular formula is C48H30N2. The van der Waals surface area contributed by atoms with E-state index in [2.05, 4.69) is 170 Å². The van der Waals surface area contributed by atoms with Crippen molar-refractivity contribution in [3.63, 3.8) is 0 Å². The van der Waals surface area contributed by atoms with Crippen LogP contribution in [0.3, 0.4) is 0 Å². The maximum atomic E-state index is 5.22. The van der Waals surface area contributed by atoms with Crippen molar-refractivity contribution in [1.82, 2.24) is 9.97 Å². The molecule has 8 aromatic carbocycles. The van der Waals surface area contributed by atoms with Gasteiger partial charge in [-0.15, -0.1) is 0 Å². The molecule has 0 saturated heterocycles. The van der Waals surface area contributed by atoms with E-state index in [1.807, 2.05) is 12.3 Å². The Morgan fingerprint density at radius 3 is 1.42 bits per heavy atom. The second-order valence-electron chi connectivity index (χ2n) is 12.9. The molecule has 232 valence electrons. The Balaban J connectivity index is 1.13. The highest BCUT2D eigenvalue weighted by Gasteiger charge is 2.18. The summed E-state index contributed by atoms with van der Waals surface area (Å²) in [6.07, 6.45) is 1.86. The Labute approximate surface area is 290 Å². The molecule has 10 aromatic rings. The number of benzene rings is 8. The summed E-state index contributed by atoms with van der Waals surface area (Å²) in [5, 5.41) is 9.69. The minimum atomic E-state index is 0.935. The first-order chi connectivity index (χ1) is 24.8. The van der Waals surface area contributed by atoms with Gasteiger partial charge in [0.15, 0.2) is 0 Å². The van der Waals surface area contributed by atoms with Gasteiger partial charge in [-0.3, -0.25) is 4.98 Å². The largest absolute Gasteiger partial charge is 0.254 e. The summed E-state index contributed by atoms with van der Waals surface area (Å²) in [4.78, 5) is 10.0. The smallest absolute Gasteiger partial charge is 0.0978 e. The molecule has 2 aromatic heterocycles. The first-order valence-corrected chi connectivity index (χ1v) is 17.1. The highest BCUT2D eigenvalue weighted by atomic mass is 14.8. The van der Waals surface area contributed by atoms with Crippen molar-refractivity contribution in [3.8, 4) is 44.6 Å². The molecule has 0 aliphatic carbocycles. The Bertz CT molecular complexity index is 2860. The fourth-order valence-electron chi connectivity index (χ4n) is 7.81. The average Bonchev–Trinajstić information content (AvgIpc) is 3.20. The highest BCUT2D eigenvalue weighted by Crippen LogP contribution is 2.45. The summed E-state index contributed by atoms with van der Waals surface area (Å²) >= 11 is 0. The normalized spacial score (nSPS) is 11.6. The summed E-state index contributed by atoms with van der Waals surface area (Å²) in [6.45, 7) is 0. The monoisotopic (exact) mass is 634 g/mol. The van der Waals surface area contributed by atoms with Gasteiger partial charge in [0.05, 0.1) is 16.7 Å². The van der Waals surface area contributed by atoms with E-state index < -0.39 is 0 Å². The van der Waals surface area contributed by atoms with Crippen molar-refractivity contribution in [2.45, 2.75) is 0 Å². The van der Waals surface area contributed by atoms with Gasteiger partial charge in [-0.1, -0.05) is 152 Å². The van der Waals surface area contributed by atoms with Gasteiger partial charge in [0, 0.05) is 22.5 Å². The summed E-state index contributed by atoms with van der Waals surface area (Å²) in [5.74, 6) is 0. The Hall–Kier alpha value is -6.64. The molecule has 0 atom stereocenters. The molecule has 0 amide bonds. The van der Waals surface area contributed by atoms with Crippen LogP contribution in [0, 0.1) is 0 Å². The fourth-order valence-corrected chi connectivity index (χ4v) is 7.81. The number of nitrogens with zero attached hydrogens (tertiary/aromatic N) is 2. The minimum absolute atomic E-state index is 0.935. The molecule has 2 heteroatoms. The van der Waals surface area contributed by atoms with Gasteiger partial charge in [-0.25, -0.2) is 4.98 Å². The molecule has 0 N–H and O–H groups in total. The van der Waals surface area contributed by atoms with Gasteiger partial charge in [-0.2, -0.15) is 0 Å². The number of pyridine rings is 2. The van der Waals surface area contributed by atoms with E-state index in [1.165, 1.54) is 65.7 Å². The SMILES string of the molecule is c1ccc(-c2c3ccccc3c(-c3ccccc3)c3cc(-c4ccc(-c5ccc6c7ccccc7c7cccnc7c6n5)cc4)ccc23)cc1. The molecule has 0 aliphatic rings. The summed E-state index contributed by atoms with van der Waals surface area (Å²) in [5.41, 5.74) is 11.2. The maximum absolute atomic E-state index is 5.22. The van der Waals surface area contributed by atoms with Crippen molar-refractivity contribution in [3.05, 3.63) is 182 Å². The van der Waals surface area contributed by atoms with E-state index in [-0.39, 0.29) is 0 Å². The summed E-state index contributed by atoms with van der Waals surface area (Å²) < 4.78 is 0. The van der Waals surface area contributed by atoms with Crippen LogP contribution in [-0.2, 0) is 0 Å². The topological polar surface area (TPSA) is 25.8 Å². The van der Waals surface area contributed by atoms with E-state index in [9.17, 15) is 0 Å². The maximum Gasteiger partial charge on any atom is 0.0978 e. The lowest BCUT2D eigenvalue weighted by Crippen LogP contribution is -1.92. The van der Waals surface area contributed by atoms with Gasteiger partial charge in [0.2, 0.25) is 0 Å². The van der Waals surface area contributed by atoms with Crippen molar-refractivity contribution in [2.75, 3.05) is 0 Å². The van der Waals surface area contributed by atoms with Crippen LogP contribution in [-0.4, -0.2) is 9.97 Å². The lowest BCUT2D eigenvalue weighted by Gasteiger charge is -2.18. The molecular weight excluding hydrogens is 605 g/mol. The third-order valence-electron chi connectivity index (χ3n) is 10.1. The number of rotatable bonds is 4. The standard InChI is InChI=1S/C48H30N2/c1-3-12-33(13-4-1)45-38-18-9-10-19-39(38)46(34-14-5-2-6-15-34)43-30-35(25-26-40(43)45)31-21-23-32(24-22-31)44-28-27-42-37-17-8-7-16-36(37)41-20-11-29-49-47(41)48(42)50-44/h1-30H. The second kappa shape index (κ2) is 11.5. The van der Waals surface area contributed by atoms with Crippen LogP contribution in [0.4, 0.5) is 0 Å². The van der Waals surface area contributed by atoms with Crippen LogP contribution in [0.25, 0.3) is 98.8 Å². The average molecular weight is 635 g/mol. The molecule has 0 unspecified atom stereocenters. The number of aromatic nitrogens is 2. The summed E-state index contributed by atoms with van der Waals surface area (Å²) in [6, 6.07) is 63.2. The molecule has 50 heavy (non-hydrogen) atoms. The quantitative estimate of drug-likeness (QED) is 0.142. The number of fused-ring (bicyclic) bond motifs is 8. The third kappa shape index (κ3) is 4.50. The molecule has 0 saturated carbocycles. The van der Waals surface area contributed by atoms with E-state index in [0.29, 0.717) is 0 Å². The van der Waals surface area contributed by atoms with Crippen LogP contribution < -0.4 is 0 Å². The van der Waals surface area contributed by atoms with Crippen LogP contribution >= 0.6 is 0 Å². The third-order valence-corrected chi connectivity index (χ3v) is 10.1. The van der Waals surface area contributed by atoms with Crippen molar-refractivity contribution >= 4 is 54.1 Å². The molecule has 2 nitrogen and oxygen atoms in total. The van der Waals surface area contributed by atoms with Crippen molar-refractivity contribution < 1.29 is 0 Å². The minimum Gasteiger partial charge on any atom is -0.254 e. The summed E-state index contributed by atoms with van der Waals surface area (Å²) in [7, 11) is 0. The van der Waals surface area contributed by atoms with Gasteiger partial charge >= 0.3 is 0 Å². The van der Waals surface area contributed by atoms with Crippen LogP contribution in [0.1, 0.15) is 0 Å². The lowest BCUT2D eigenvalue weighted by molar-refractivity contribution is 1.37. The highest BCUT2D eigenvalue weighted by molar-refractivity contribution is 6.24. The van der Waals surface area contributed by atoms with Crippen molar-refractivity contribution in [1.29, 1.82) is 0 Å². The fraction of sp³-hybridized carbons (Fsp3) is 0. The molecule has 0 radical (unpaired) electrons. The predicted octanol–water partition coefficient (Wildman–Crippen LogP) is 12.9. The van der Waals surface area contributed by atoms with E-state index in [4.69, 9.17) is 9.97 Å². The molecule has 2 heterocycles. The van der Waals surface area contributed by atoms with E-state index >= 15 is 0 Å². The van der Waals surface area contributed by atoms with E-state index in [0.717, 1.165) is 33.1 Å². The molecule has 0 fully saturated rings. The zero-order chi connectivity index (χ0) is 33.0. The van der Waals surface area contributed by atoms with Gasteiger partial charge in [0.25, 0.3) is 0 Å². The van der Waals surface area contributed by atoms with Gasteiger partial charge in [-0.05, 0) is 90.0 Å². The Morgan fingerprint density at radius 1 is 0.280 bits per heavy atom. The predicted molar refractivity (Wildman–Crippen MR) is 211 cm³/mol. The lowest BCUT2D eigenvalue weighted by atomic mass is 9.85. The first-order valence-electron chi connectivity index (χ1n) is 17.1. The van der Waals surface area contributed by atoms with Crippen LogP contribution in [0.5, 0.6) is 0 Å². The first kappa shape index (κ1) is 28.4. The zero-order valence-electron chi connectivity index (χ0n) is 27.2. The van der Waals surface area contributed by atoms with Crippen LogP contribution in [0.15, 0.2) is 182 Å². The van der Waals surface area contributed by atoms with E-state index in [1.54, 1.807) is 0 Å². The number of hydrogen-bond donors (Lipinski definition) is 0. The van der Waals surface area contributed by atoms with Crippen LogP contribution in [0.2, 0.25) is 0 Å². The zero-order valence-corrected chi connectivity index (χ0v) is 27.2. The number of hydrogen-bond acceptors (Lipinski definition) is 2.